The highest BCUT2D eigenvalue weighted by atomic mass is 16.5. The highest BCUT2D eigenvalue weighted by Gasteiger charge is 2.27. The predicted molar refractivity (Wildman–Crippen MR) is 116 cm³/mol. The zero-order valence-corrected chi connectivity index (χ0v) is 16.4. The van der Waals surface area contributed by atoms with Crippen LogP contribution < -0.4 is 0 Å². The fourth-order valence-corrected chi connectivity index (χ4v) is 3.93. The van der Waals surface area contributed by atoms with Crippen LogP contribution in [0.4, 0.5) is 0 Å². The molecule has 3 heteroatoms. The van der Waals surface area contributed by atoms with Crippen LogP contribution in [0, 0.1) is 6.92 Å². The summed E-state index contributed by atoms with van der Waals surface area (Å²) < 4.78 is 8.46. The SMILES string of the molecule is Cc1nn2c(c1Cc1ccccc1)COC(c1ccccc1)=C2c1ccccc1. The third-order valence-corrected chi connectivity index (χ3v) is 5.38. The molecule has 142 valence electrons. The van der Waals surface area contributed by atoms with Gasteiger partial charge in [0.1, 0.15) is 12.3 Å². The predicted octanol–water partition coefficient (Wildman–Crippen LogP) is 5.69. The van der Waals surface area contributed by atoms with Crippen molar-refractivity contribution < 1.29 is 4.74 Å². The van der Waals surface area contributed by atoms with E-state index in [4.69, 9.17) is 9.84 Å². The normalized spacial score (nSPS) is 13.1. The third-order valence-electron chi connectivity index (χ3n) is 5.38. The standard InChI is InChI=1S/C26H22N2O/c1-19-23(17-20-11-5-2-6-12-20)24-18-29-26(22-15-9-4-10-16-22)25(28(24)27-19)21-13-7-3-8-14-21/h2-16H,17-18H2,1H3. The molecule has 3 nitrogen and oxygen atoms in total. The van der Waals surface area contributed by atoms with Gasteiger partial charge >= 0.3 is 0 Å². The smallest absolute Gasteiger partial charge is 0.153 e. The van der Waals surface area contributed by atoms with Crippen LogP contribution in [-0.4, -0.2) is 9.78 Å². The quantitative estimate of drug-likeness (QED) is 0.456. The first-order chi connectivity index (χ1) is 14.3. The number of ether oxygens (including phenoxy) is 1. The molecular weight excluding hydrogens is 356 g/mol. The van der Waals surface area contributed by atoms with Crippen molar-refractivity contribution in [2.24, 2.45) is 0 Å². The summed E-state index contributed by atoms with van der Waals surface area (Å²) in [6, 6.07) is 31.2. The second kappa shape index (κ2) is 7.44. The van der Waals surface area contributed by atoms with Gasteiger partial charge in [0.25, 0.3) is 0 Å². The van der Waals surface area contributed by atoms with Gasteiger partial charge < -0.3 is 4.74 Å². The van der Waals surface area contributed by atoms with Crippen LogP contribution in [0.1, 0.15) is 33.6 Å². The number of rotatable bonds is 4. The Morgan fingerprint density at radius 2 is 1.38 bits per heavy atom. The molecule has 0 saturated carbocycles. The Morgan fingerprint density at radius 3 is 2.03 bits per heavy atom. The summed E-state index contributed by atoms with van der Waals surface area (Å²) in [4.78, 5) is 0. The number of benzene rings is 3. The monoisotopic (exact) mass is 378 g/mol. The van der Waals surface area contributed by atoms with Crippen molar-refractivity contribution in [3.05, 3.63) is 125 Å². The molecule has 3 aromatic carbocycles. The molecule has 0 spiro atoms. The van der Waals surface area contributed by atoms with Crippen molar-refractivity contribution in [2.45, 2.75) is 20.0 Å². The Hall–Kier alpha value is -3.59. The second-order valence-electron chi connectivity index (χ2n) is 7.28. The first kappa shape index (κ1) is 17.5. The van der Waals surface area contributed by atoms with Crippen LogP contribution in [-0.2, 0) is 17.8 Å². The minimum absolute atomic E-state index is 0.517. The molecule has 0 amide bonds. The van der Waals surface area contributed by atoms with Crippen molar-refractivity contribution >= 4 is 11.5 Å². The molecule has 1 aliphatic heterocycles. The molecule has 1 aliphatic rings. The van der Waals surface area contributed by atoms with Gasteiger partial charge in [-0.15, -0.1) is 0 Å². The van der Waals surface area contributed by atoms with E-state index in [-0.39, 0.29) is 0 Å². The summed E-state index contributed by atoms with van der Waals surface area (Å²) in [6.07, 6.45) is 0.855. The first-order valence-electron chi connectivity index (χ1n) is 9.91. The Kier molecular flexibility index (Phi) is 4.49. The van der Waals surface area contributed by atoms with Gasteiger partial charge in [0, 0.05) is 23.1 Å². The van der Waals surface area contributed by atoms with Gasteiger partial charge in [0.2, 0.25) is 0 Å². The molecule has 29 heavy (non-hydrogen) atoms. The van der Waals surface area contributed by atoms with E-state index >= 15 is 0 Å². The van der Waals surface area contributed by atoms with E-state index in [0.29, 0.717) is 6.61 Å². The maximum absolute atomic E-state index is 6.37. The van der Waals surface area contributed by atoms with Crippen LogP contribution in [0.2, 0.25) is 0 Å². The molecule has 0 unspecified atom stereocenters. The van der Waals surface area contributed by atoms with E-state index in [0.717, 1.165) is 40.4 Å². The lowest BCUT2D eigenvalue weighted by Gasteiger charge is -2.24. The molecule has 0 atom stereocenters. The van der Waals surface area contributed by atoms with Gasteiger partial charge in [-0.05, 0) is 12.5 Å². The third kappa shape index (κ3) is 3.25. The second-order valence-corrected chi connectivity index (χ2v) is 7.28. The van der Waals surface area contributed by atoms with Gasteiger partial charge in [-0.2, -0.15) is 5.10 Å². The van der Waals surface area contributed by atoms with E-state index in [1.54, 1.807) is 0 Å². The average molecular weight is 378 g/mol. The molecule has 0 aliphatic carbocycles. The van der Waals surface area contributed by atoms with E-state index < -0.39 is 0 Å². The van der Waals surface area contributed by atoms with Gasteiger partial charge in [-0.1, -0.05) is 91.0 Å². The summed E-state index contributed by atoms with van der Waals surface area (Å²) in [5, 5.41) is 4.96. The van der Waals surface area contributed by atoms with Gasteiger partial charge in [-0.25, -0.2) is 4.68 Å². The summed E-state index contributed by atoms with van der Waals surface area (Å²) in [5.41, 5.74) is 7.87. The Balaban J connectivity index is 1.69. The molecule has 0 bridgehead atoms. The molecule has 2 heterocycles. The molecule has 1 aromatic heterocycles. The largest absolute Gasteiger partial charge is 0.484 e. The Labute approximate surface area is 170 Å². The molecule has 4 aromatic rings. The highest BCUT2D eigenvalue weighted by Crippen LogP contribution is 2.36. The maximum atomic E-state index is 6.37. The fourth-order valence-electron chi connectivity index (χ4n) is 3.93. The minimum Gasteiger partial charge on any atom is -0.484 e. The van der Waals surface area contributed by atoms with Crippen LogP contribution in [0.3, 0.4) is 0 Å². The van der Waals surface area contributed by atoms with Gasteiger partial charge in [0.15, 0.2) is 5.76 Å². The Bertz CT molecular complexity index is 1160. The van der Waals surface area contributed by atoms with Gasteiger partial charge in [0.05, 0.1) is 11.4 Å². The zero-order valence-electron chi connectivity index (χ0n) is 16.4. The van der Waals surface area contributed by atoms with E-state index in [1.807, 2.05) is 24.3 Å². The number of aromatic nitrogens is 2. The lowest BCUT2D eigenvalue weighted by Crippen LogP contribution is -2.16. The number of nitrogens with zero attached hydrogens (tertiary/aromatic N) is 2. The van der Waals surface area contributed by atoms with E-state index in [9.17, 15) is 0 Å². The Morgan fingerprint density at radius 1 is 0.793 bits per heavy atom. The average Bonchev–Trinajstić information content (AvgIpc) is 3.10. The molecule has 0 fully saturated rings. The topological polar surface area (TPSA) is 27.1 Å². The molecular formula is C26H22N2O. The summed E-state index contributed by atoms with van der Waals surface area (Å²) in [6.45, 7) is 2.61. The van der Waals surface area contributed by atoms with E-state index in [2.05, 4.69) is 78.3 Å². The fraction of sp³-hybridized carbons (Fsp3) is 0.115. The minimum atomic E-state index is 0.517. The highest BCUT2D eigenvalue weighted by molar-refractivity contribution is 5.88. The lowest BCUT2D eigenvalue weighted by atomic mass is 10.0. The summed E-state index contributed by atoms with van der Waals surface area (Å²) >= 11 is 0. The van der Waals surface area contributed by atoms with E-state index in [1.165, 1.54) is 11.1 Å². The zero-order chi connectivity index (χ0) is 19.6. The lowest BCUT2D eigenvalue weighted by molar-refractivity contribution is 0.246. The summed E-state index contributed by atoms with van der Waals surface area (Å²) in [5.74, 6) is 0.873. The molecule has 0 saturated heterocycles. The molecule has 5 rings (SSSR count). The number of aryl methyl sites for hydroxylation is 1. The van der Waals surface area contributed by atoms with Crippen molar-refractivity contribution in [3.63, 3.8) is 0 Å². The van der Waals surface area contributed by atoms with Crippen molar-refractivity contribution in [3.8, 4) is 0 Å². The van der Waals surface area contributed by atoms with Gasteiger partial charge in [-0.3, -0.25) is 0 Å². The van der Waals surface area contributed by atoms with Crippen molar-refractivity contribution in [1.82, 2.24) is 9.78 Å². The van der Waals surface area contributed by atoms with Crippen LogP contribution in [0.15, 0.2) is 91.0 Å². The first-order valence-corrected chi connectivity index (χ1v) is 9.91. The number of hydrogen-bond donors (Lipinski definition) is 0. The molecule has 0 radical (unpaired) electrons. The van der Waals surface area contributed by atoms with Crippen LogP contribution in [0.5, 0.6) is 0 Å². The maximum Gasteiger partial charge on any atom is 0.153 e. The van der Waals surface area contributed by atoms with Crippen molar-refractivity contribution in [2.75, 3.05) is 0 Å². The van der Waals surface area contributed by atoms with Crippen LogP contribution in [0.25, 0.3) is 11.5 Å². The summed E-state index contributed by atoms with van der Waals surface area (Å²) in [7, 11) is 0. The number of fused-ring (bicyclic) bond motifs is 1. The van der Waals surface area contributed by atoms with Crippen LogP contribution >= 0.6 is 0 Å². The number of hydrogen-bond acceptors (Lipinski definition) is 2. The molecule has 0 N–H and O–H groups in total. The van der Waals surface area contributed by atoms with Crippen molar-refractivity contribution in [1.29, 1.82) is 0 Å².